The first-order valence-electron chi connectivity index (χ1n) is 9.99. The van der Waals surface area contributed by atoms with E-state index >= 15 is 0 Å². The lowest BCUT2D eigenvalue weighted by Gasteiger charge is -2.35. The fourth-order valence-corrected chi connectivity index (χ4v) is 3.43. The van der Waals surface area contributed by atoms with E-state index in [1.54, 1.807) is 0 Å². The maximum Gasteiger partial charge on any atom is 0.262 e. The Morgan fingerprint density at radius 1 is 1.07 bits per heavy atom. The molecule has 1 aliphatic heterocycles. The van der Waals surface area contributed by atoms with E-state index in [9.17, 15) is 4.79 Å². The van der Waals surface area contributed by atoms with Gasteiger partial charge in [-0.1, -0.05) is 26.0 Å². The van der Waals surface area contributed by atoms with Crippen LogP contribution in [0.4, 0.5) is 11.4 Å². The lowest BCUT2D eigenvalue weighted by molar-refractivity contribution is -0.118. The van der Waals surface area contributed by atoms with E-state index in [1.165, 1.54) is 16.8 Å². The van der Waals surface area contributed by atoms with Gasteiger partial charge in [-0.25, -0.2) is 0 Å². The summed E-state index contributed by atoms with van der Waals surface area (Å²) < 4.78 is 5.61. The van der Waals surface area contributed by atoms with Crippen molar-refractivity contribution < 1.29 is 9.53 Å². The fourth-order valence-electron chi connectivity index (χ4n) is 3.43. The van der Waals surface area contributed by atoms with Gasteiger partial charge in [-0.2, -0.15) is 0 Å². The zero-order chi connectivity index (χ0) is 20.1. The SMILES string of the molecule is Cc1cc(NC(=O)COc2ccc(C(C)C)cc2)ccc1N1CCN(C)CC1. The molecule has 1 aliphatic rings. The summed E-state index contributed by atoms with van der Waals surface area (Å²) in [5.74, 6) is 1.04. The number of hydrogen-bond donors (Lipinski definition) is 1. The number of carbonyl (C=O) groups is 1. The van der Waals surface area contributed by atoms with Crippen molar-refractivity contribution in [3.8, 4) is 5.75 Å². The molecule has 0 aromatic heterocycles. The molecule has 5 nitrogen and oxygen atoms in total. The van der Waals surface area contributed by atoms with Crippen LogP contribution in [-0.4, -0.2) is 50.6 Å². The third kappa shape index (κ3) is 5.26. The number of carbonyl (C=O) groups excluding carboxylic acids is 1. The molecule has 0 aliphatic carbocycles. The van der Waals surface area contributed by atoms with Crippen molar-refractivity contribution in [3.05, 3.63) is 53.6 Å². The second-order valence-corrected chi connectivity index (χ2v) is 7.85. The van der Waals surface area contributed by atoms with Gasteiger partial charge in [0.2, 0.25) is 0 Å². The van der Waals surface area contributed by atoms with Crippen molar-refractivity contribution in [2.75, 3.05) is 50.1 Å². The van der Waals surface area contributed by atoms with E-state index in [-0.39, 0.29) is 12.5 Å². The summed E-state index contributed by atoms with van der Waals surface area (Å²) in [6.45, 7) is 10.6. The van der Waals surface area contributed by atoms with Crippen LogP contribution >= 0.6 is 0 Å². The molecule has 2 aromatic carbocycles. The number of rotatable bonds is 6. The quantitative estimate of drug-likeness (QED) is 0.825. The Labute approximate surface area is 168 Å². The van der Waals surface area contributed by atoms with Gasteiger partial charge < -0.3 is 19.9 Å². The summed E-state index contributed by atoms with van der Waals surface area (Å²) in [5.41, 5.74) is 4.48. The van der Waals surface area contributed by atoms with Crippen molar-refractivity contribution >= 4 is 17.3 Å². The van der Waals surface area contributed by atoms with Crippen LogP contribution in [0.25, 0.3) is 0 Å². The molecule has 0 saturated carbocycles. The Hall–Kier alpha value is -2.53. The Kier molecular flexibility index (Phi) is 6.57. The number of benzene rings is 2. The van der Waals surface area contributed by atoms with Gasteiger partial charge in [0.05, 0.1) is 0 Å². The average Bonchev–Trinajstić information content (AvgIpc) is 2.68. The summed E-state index contributed by atoms with van der Waals surface area (Å²) in [6.07, 6.45) is 0. The predicted octanol–water partition coefficient (Wildman–Crippen LogP) is 3.89. The van der Waals surface area contributed by atoms with Crippen molar-refractivity contribution in [1.82, 2.24) is 4.90 Å². The van der Waals surface area contributed by atoms with Crippen LogP contribution in [0.15, 0.2) is 42.5 Å². The molecule has 2 aromatic rings. The van der Waals surface area contributed by atoms with Crippen molar-refractivity contribution in [1.29, 1.82) is 0 Å². The van der Waals surface area contributed by atoms with Gasteiger partial charge in [0.1, 0.15) is 5.75 Å². The molecule has 0 unspecified atom stereocenters. The average molecular weight is 382 g/mol. The van der Waals surface area contributed by atoms with Crippen molar-refractivity contribution in [2.24, 2.45) is 0 Å². The molecule has 1 fully saturated rings. The monoisotopic (exact) mass is 381 g/mol. The highest BCUT2D eigenvalue weighted by atomic mass is 16.5. The molecule has 1 saturated heterocycles. The standard InChI is InChI=1S/C23H31N3O2/c1-17(2)19-5-8-21(9-6-19)28-16-23(27)24-20-7-10-22(18(3)15-20)26-13-11-25(4)12-14-26/h5-10,15,17H,11-14,16H2,1-4H3,(H,24,27). The Morgan fingerprint density at radius 3 is 2.36 bits per heavy atom. The molecule has 3 rings (SSSR count). The van der Waals surface area contributed by atoms with Crippen molar-refractivity contribution in [2.45, 2.75) is 26.7 Å². The Bertz CT molecular complexity index is 794. The van der Waals surface area contributed by atoms with Crippen LogP contribution in [-0.2, 0) is 4.79 Å². The van der Waals surface area contributed by atoms with E-state index in [0.717, 1.165) is 31.9 Å². The van der Waals surface area contributed by atoms with Crippen molar-refractivity contribution in [3.63, 3.8) is 0 Å². The Morgan fingerprint density at radius 2 is 1.75 bits per heavy atom. The van der Waals surface area contributed by atoms with Crippen LogP contribution in [0.2, 0.25) is 0 Å². The zero-order valence-electron chi connectivity index (χ0n) is 17.4. The largest absolute Gasteiger partial charge is 0.484 e. The normalized spacial score (nSPS) is 15.0. The van der Waals surface area contributed by atoms with E-state index < -0.39 is 0 Å². The first-order chi connectivity index (χ1) is 13.4. The molecule has 1 heterocycles. The minimum atomic E-state index is -0.153. The Balaban J connectivity index is 1.53. The molecule has 150 valence electrons. The molecular formula is C23H31N3O2. The summed E-state index contributed by atoms with van der Waals surface area (Å²) in [5, 5.41) is 2.93. The van der Waals surface area contributed by atoms with Gasteiger partial charge >= 0.3 is 0 Å². The van der Waals surface area contributed by atoms with Crippen LogP contribution < -0.4 is 15.0 Å². The molecule has 1 N–H and O–H groups in total. The van der Waals surface area contributed by atoms with Crippen LogP contribution in [0.1, 0.15) is 30.9 Å². The lowest BCUT2D eigenvalue weighted by atomic mass is 10.0. The highest BCUT2D eigenvalue weighted by Gasteiger charge is 2.16. The minimum Gasteiger partial charge on any atom is -0.484 e. The third-order valence-electron chi connectivity index (χ3n) is 5.24. The maximum absolute atomic E-state index is 12.2. The number of likely N-dealkylation sites (N-methyl/N-ethyl adjacent to an activating group) is 1. The molecule has 0 atom stereocenters. The summed E-state index contributed by atoms with van der Waals surface area (Å²) in [4.78, 5) is 17.0. The van der Waals surface area contributed by atoms with E-state index in [4.69, 9.17) is 4.74 Å². The molecule has 0 radical (unpaired) electrons. The van der Waals surface area contributed by atoms with Gasteiger partial charge in [0.15, 0.2) is 6.61 Å². The number of amides is 1. The minimum absolute atomic E-state index is 0.000282. The zero-order valence-corrected chi connectivity index (χ0v) is 17.4. The first kappa shape index (κ1) is 20.2. The number of aryl methyl sites for hydroxylation is 1. The van der Waals surface area contributed by atoms with E-state index in [2.05, 4.69) is 49.0 Å². The maximum atomic E-state index is 12.2. The predicted molar refractivity (Wildman–Crippen MR) is 116 cm³/mol. The molecule has 5 heteroatoms. The highest BCUT2D eigenvalue weighted by molar-refractivity contribution is 5.92. The number of anilines is 2. The number of piperazine rings is 1. The van der Waals surface area contributed by atoms with Gasteiger partial charge in [-0.3, -0.25) is 4.79 Å². The fraction of sp³-hybridized carbons (Fsp3) is 0.435. The van der Waals surface area contributed by atoms with Crippen LogP contribution in [0.3, 0.4) is 0 Å². The molecule has 0 spiro atoms. The van der Waals surface area contributed by atoms with Gasteiger partial charge in [0, 0.05) is 37.6 Å². The van der Waals surface area contributed by atoms with E-state index in [0.29, 0.717) is 11.7 Å². The number of nitrogens with one attached hydrogen (secondary N) is 1. The second kappa shape index (κ2) is 9.11. The summed E-state index contributed by atoms with van der Waals surface area (Å²) in [7, 11) is 2.16. The summed E-state index contributed by atoms with van der Waals surface area (Å²) in [6, 6.07) is 14.0. The second-order valence-electron chi connectivity index (χ2n) is 7.85. The number of hydrogen-bond acceptors (Lipinski definition) is 4. The smallest absolute Gasteiger partial charge is 0.262 e. The first-order valence-corrected chi connectivity index (χ1v) is 9.99. The number of ether oxygens (including phenoxy) is 1. The highest BCUT2D eigenvalue weighted by Crippen LogP contribution is 2.25. The number of nitrogens with zero attached hydrogens (tertiary/aromatic N) is 2. The summed E-state index contributed by atoms with van der Waals surface area (Å²) >= 11 is 0. The van der Waals surface area contributed by atoms with Gasteiger partial charge in [0.25, 0.3) is 5.91 Å². The topological polar surface area (TPSA) is 44.8 Å². The van der Waals surface area contributed by atoms with E-state index in [1.807, 2.05) is 36.4 Å². The molecule has 1 amide bonds. The molecule has 0 bridgehead atoms. The van der Waals surface area contributed by atoms with Crippen LogP contribution in [0.5, 0.6) is 5.75 Å². The van der Waals surface area contributed by atoms with Gasteiger partial charge in [-0.15, -0.1) is 0 Å². The van der Waals surface area contributed by atoms with Crippen LogP contribution in [0, 0.1) is 6.92 Å². The van der Waals surface area contributed by atoms with Gasteiger partial charge in [-0.05, 0) is 61.3 Å². The molecular weight excluding hydrogens is 350 g/mol. The lowest BCUT2D eigenvalue weighted by Crippen LogP contribution is -2.44. The third-order valence-corrected chi connectivity index (χ3v) is 5.24. The molecule has 28 heavy (non-hydrogen) atoms.